The lowest BCUT2D eigenvalue weighted by molar-refractivity contribution is -0.151. The normalized spacial score (nSPS) is 11.8. The molecule has 0 amide bonds. The maximum Gasteiger partial charge on any atom is 0.372 e. The molecule has 2 atom stereocenters. The van der Waals surface area contributed by atoms with Crippen molar-refractivity contribution in [2.24, 2.45) is 23.3 Å². The topological polar surface area (TPSA) is 233 Å². The highest BCUT2D eigenvalue weighted by Crippen LogP contribution is 2.11. The number of nitrogens with one attached hydrogen (secondary N) is 4. The van der Waals surface area contributed by atoms with Gasteiger partial charge in [0.2, 0.25) is 11.6 Å². The third kappa shape index (κ3) is 17.0. The van der Waals surface area contributed by atoms with E-state index in [1.807, 2.05) is 0 Å². The van der Waals surface area contributed by atoms with E-state index in [-0.39, 0.29) is 11.9 Å². The molecular weight excluding hydrogens is 396 g/mol. The number of unbranched alkanes of at least 4 members (excludes halogenated alkanes) is 3. The minimum absolute atomic E-state index is 0.0225. The molecule has 2 unspecified atom stereocenters. The molecule has 0 heterocycles. The molecule has 0 aromatic heterocycles. The van der Waals surface area contributed by atoms with Crippen LogP contribution in [0.25, 0.3) is 0 Å². The first-order chi connectivity index (χ1) is 13.9. The van der Waals surface area contributed by atoms with Crippen molar-refractivity contribution >= 4 is 35.4 Å². The first-order valence-corrected chi connectivity index (χ1v) is 9.60. The van der Waals surface area contributed by atoms with Crippen LogP contribution in [-0.4, -0.2) is 58.7 Å². The monoisotopic (exact) mass is 430 g/mol. The Balaban J connectivity index is 0. The van der Waals surface area contributed by atoms with Gasteiger partial charge in [-0.2, -0.15) is 0 Å². The van der Waals surface area contributed by atoms with Crippen molar-refractivity contribution in [3.63, 3.8) is 0 Å². The van der Waals surface area contributed by atoms with Crippen molar-refractivity contribution in [3.05, 3.63) is 0 Å². The van der Waals surface area contributed by atoms with Crippen LogP contribution in [0.1, 0.15) is 52.4 Å². The Morgan fingerprint density at radius 1 is 0.733 bits per heavy atom. The fraction of sp³-hybridized carbons (Fsp3) is 0.667. The molecule has 10 N–H and O–H groups in total. The lowest BCUT2D eigenvalue weighted by atomic mass is 9.98. The Hall–Kier alpha value is -3.18. The molecule has 0 saturated carbocycles. The molecular formula is C18H34N6O6. The average Bonchev–Trinajstić information content (AvgIpc) is 2.65. The number of aliphatic carboxylic acids is 2. The molecule has 0 saturated heterocycles. The van der Waals surface area contributed by atoms with Crippen LogP contribution in [0.4, 0.5) is 0 Å². The Morgan fingerprint density at radius 3 is 1.57 bits per heavy atom. The molecule has 0 aliphatic heterocycles. The molecule has 0 spiro atoms. The summed E-state index contributed by atoms with van der Waals surface area (Å²) in [7, 11) is 0. The summed E-state index contributed by atoms with van der Waals surface area (Å²) in [6.07, 6.45) is 4.67. The predicted molar refractivity (Wildman–Crippen MR) is 111 cm³/mol. The molecule has 0 rings (SSSR count). The van der Waals surface area contributed by atoms with Crippen LogP contribution in [-0.2, 0) is 19.2 Å². The fourth-order valence-electron chi connectivity index (χ4n) is 2.26. The summed E-state index contributed by atoms with van der Waals surface area (Å²) in [4.78, 5) is 42.4. The Kier molecular flexibility index (Phi) is 16.2. The van der Waals surface area contributed by atoms with Gasteiger partial charge in [0, 0.05) is 24.9 Å². The van der Waals surface area contributed by atoms with Gasteiger partial charge >= 0.3 is 11.9 Å². The second-order valence-corrected chi connectivity index (χ2v) is 6.81. The van der Waals surface area contributed by atoms with Gasteiger partial charge in [0.15, 0.2) is 11.9 Å². The largest absolute Gasteiger partial charge is 0.475 e. The van der Waals surface area contributed by atoms with E-state index in [0.29, 0.717) is 25.9 Å². The third-order valence-corrected chi connectivity index (χ3v) is 4.09. The van der Waals surface area contributed by atoms with Crippen LogP contribution in [0.5, 0.6) is 0 Å². The number of ketones is 2. The van der Waals surface area contributed by atoms with E-state index in [2.05, 4.69) is 10.6 Å². The highest BCUT2D eigenvalue weighted by atomic mass is 16.4. The van der Waals surface area contributed by atoms with Gasteiger partial charge in [-0.05, 0) is 19.3 Å². The maximum atomic E-state index is 11.0. The van der Waals surface area contributed by atoms with E-state index >= 15 is 0 Å². The summed E-state index contributed by atoms with van der Waals surface area (Å²) in [5.41, 5.74) is 10.1. The fourth-order valence-corrected chi connectivity index (χ4v) is 2.26. The summed E-state index contributed by atoms with van der Waals surface area (Å²) in [5, 5.41) is 35.7. The zero-order valence-electron chi connectivity index (χ0n) is 17.5. The number of carbonyl (C=O) groups excluding carboxylic acids is 2. The van der Waals surface area contributed by atoms with Crippen LogP contribution in [0.3, 0.4) is 0 Å². The number of hydrogen-bond acceptors (Lipinski definition) is 6. The molecule has 12 nitrogen and oxygen atoms in total. The third-order valence-electron chi connectivity index (χ3n) is 4.09. The van der Waals surface area contributed by atoms with E-state index in [9.17, 15) is 19.2 Å². The van der Waals surface area contributed by atoms with E-state index in [0.717, 1.165) is 25.7 Å². The number of carboxylic acid groups (broad SMARTS) is 2. The smallest absolute Gasteiger partial charge is 0.372 e. The predicted octanol–water partition coefficient (Wildman–Crippen LogP) is -0.141. The van der Waals surface area contributed by atoms with Crippen molar-refractivity contribution in [2.45, 2.75) is 52.4 Å². The SMILES string of the molecule is CC(CCCCCCNC(=N)N)C(=O)C(=O)O.CC(CCNC(=N)N)C(=O)C(=O)O. The number of carbonyl (C=O) groups is 4. The van der Waals surface area contributed by atoms with Gasteiger partial charge in [-0.3, -0.25) is 20.4 Å². The molecule has 0 bridgehead atoms. The van der Waals surface area contributed by atoms with Gasteiger partial charge in [-0.15, -0.1) is 0 Å². The summed E-state index contributed by atoms with van der Waals surface area (Å²) in [6.45, 7) is 4.18. The molecule has 12 heteroatoms. The number of Topliss-reactive ketones (excluding diaryl/α,β-unsaturated/α-hetero) is 2. The second-order valence-electron chi connectivity index (χ2n) is 6.81. The molecule has 0 aliphatic rings. The van der Waals surface area contributed by atoms with Crippen LogP contribution >= 0.6 is 0 Å². The average molecular weight is 431 g/mol. The van der Waals surface area contributed by atoms with Gasteiger partial charge < -0.3 is 32.3 Å². The molecule has 0 aliphatic carbocycles. The van der Waals surface area contributed by atoms with E-state index in [1.54, 1.807) is 6.92 Å². The summed E-state index contributed by atoms with van der Waals surface area (Å²) in [5.74, 6) is -5.44. The minimum Gasteiger partial charge on any atom is -0.475 e. The lowest BCUT2D eigenvalue weighted by Crippen LogP contribution is -2.33. The Labute approximate surface area is 175 Å². The number of carboxylic acids is 2. The van der Waals surface area contributed by atoms with E-state index < -0.39 is 35.3 Å². The molecule has 0 aromatic carbocycles. The van der Waals surface area contributed by atoms with Crippen molar-refractivity contribution in [2.75, 3.05) is 13.1 Å². The lowest BCUT2D eigenvalue weighted by Gasteiger charge is -2.07. The molecule has 172 valence electrons. The highest BCUT2D eigenvalue weighted by Gasteiger charge is 2.20. The summed E-state index contributed by atoms with van der Waals surface area (Å²) >= 11 is 0. The first kappa shape index (κ1) is 29.0. The van der Waals surface area contributed by atoms with Gasteiger partial charge in [-0.25, -0.2) is 9.59 Å². The van der Waals surface area contributed by atoms with Crippen molar-refractivity contribution < 1.29 is 29.4 Å². The van der Waals surface area contributed by atoms with Crippen molar-refractivity contribution in [3.8, 4) is 0 Å². The van der Waals surface area contributed by atoms with Crippen molar-refractivity contribution in [1.82, 2.24) is 10.6 Å². The second kappa shape index (κ2) is 16.7. The van der Waals surface area contributed by atoms with Gasteiger partial charge in [-0.1, -0.05) is 33.1 Å². The molecule has 0 radical (unpaired) electrons. The minimum atomic E-state index is -1.42. The first-order valence-electron chi connectivity index (χ1n) is 9.60. The maximum absolute atomic E-state index is 11.0. The molecule has 30 heavy (non-hydrogen) atoms. The Bertz CT molecular complexity index is 610. The highest BCUT2D eigenvalue weighted by molar-refractivity contribution is 6.33. The van der Waals surface area contributed by atoms with Crippen LogP contribution in [0, 0.1) is 22.7 Å². The zero-order valence-corrected chi connectivity index (χ0v) is 17.5. The number of nitrogens with two attached hydrogens (primary N) is 2. The van der Waals surface area contributed by atoms with Crippen molar-refractivity contribution in [1.29, 1.82) is 10.8 Å². The van der Waals surface area contributed by atoms with Gasteiger partial charge in [0.1, 0.15) is 0 Å². The van der Waals surface area contributed by atoms with Crippen LogP contribution < -0.4 is 22.1 Å². The van der Waals surface area contributed by atoms with E-state index in [4.69, 9.17) is 32.5 Å². The summed E-state index contributed by atoms with van der Waals surface area (Å²) in [6, 6.07) is 0. The zero-order chi connectivity index (χ0) is 23.7. The van der Waals surface area contributed by atoms with Gasteiger partial charge in [0.25, 0.3) is 0 Å². The number of guanidine groups is 2. The summed E-state index contributed by atoms with van der Waals surface area (Å²) < 4.78 is 0. The van der Waals surface area contributed by atoms with Gasteiger partial charge in [0.05, 0.1) is 0 Å². The number of rotatable bonds is 14. The number of hydrogen-bond donors (Lipinski definition) is 8. The van der Waals surface area contributed by atoms with E-state index in [1.165, 1.54) is 6.92 Å². The standard InChI is InChI=1S/C11H21N3O3.C7H13N3O3/c1-8(9(15)10(16)17)6-4-2-3-5-7-14-11(12)13;1-4(5(11)6(12)13)2-3-10-7(8)9/h8H,2-7H2,1H3,(H,16,17)(H4,12,13,14);4H,2-3H2,1H3,(H,12,13)(H4,8,9,10). The molecule has 0 fully saturated rings. The van der Waals surface area contributed by atoms with Crippen LogP contribution in [0.2, 0.25) is 0 Å². The quantitative estimate of drug-likeness (QED) is 0.0785. The Morgan fingerprint density at radius 2 is 1.13 bits per heavy atom. The molecule has 0 aromatic rings. The van der Waals surface area contributed by atoms with Crippen LogP contribution in [0.15, 0.2) is 0 Å².